The zero-order valence-corrected chi connectivity index (χ0v) is 15.6. The van der Waals surface area contributed by atoms with E-state index in [1.165, 1.54) is 37.6 Å². The molecule has 0 saturated carbocycles. The average Bonchev–Trinajstić information content (AvgIpc) is 2.65. The molecule has 0 radical (unpaired) electrons. The lowest BCUT2D eigenvalue weighted by atomic mass is 10.3. The maximum absolute atomic E-state index is 13.5. The van der Waals surface area contributed by atoms with Gasteiger partial charge in [0.15, 0.2) is 0 Å². The second-order valence-electron chi connectivity index (χ2n) is 5.40. The molecule has 0 atom stereocenters. The third-order valence-corrected chi connectivity index (χ3v) is 5.26. The summed E-state index contributed by atoms with van der Waals surface area (Å²) in [7, 11) is -2.21. The monoisotopic (exact) mass is 407 g/mol. The largest absolute Gasteiger partial charge is 0.340 e. The Balaban J connectivity index is 1.80. The van der Waals surface area contributed by atoms with Crippen molar-refractivity contribution in [2.75, 3.05) is 17.7 Å². The zero-order chi connectivity index (χ0) is 19.4. The lowest BCUT2D eigenvalue weighted by molar-refractivity contribution is 0.588. The summed E-state index contributed by atoms with van der Waals surface area (Å²) in [5, 5.41) is 5.99. The number of aromatic nitrogens is 2. The van der Waals surface area contributed by atoms with E-state index in [1.807, 2.05) is 0 Å². The molecule has 0 aliphatic carbocycles. The van der Waals surface area contributed by atoms with Gasteiger partial charge in [-0.05, 0) is 43.4 Å². The summed E-state index contributed by atoms with van der Waals surface area (Å²) in [6.45, 7) is 0. The summed E-state index contributed by atoms with van der Waals surface area (Å²) >= 11 is 5.67. The Bertz CT molecular complexity index is 1080. The van der Waals surface area contributed by atoms with Gasteiger partial charge in [0.25, 0.3) is 0 Å². The topological polar surface area (TPSA) is 96.0 Å². The number of nitrogens with zero attached hydrogens (tertiary/aromatic N) is 2. The fourth-order valence-corrected chi connectivity index (χ4v) is 3.12. The van der Waals surface area contributed by atoms with Gasteiger partial charge in [0, 0.05) is 17.4 Å². The maximum atomic E-state index is 13.5. The summed E-state index contributed by atoms with van der Waals surface area (Å²) in [4.78, 5) is 8.30. The minimum Gasteiger partial charge on any atom is -0.340 e. The molecule has 0 bridgehead atoms. The molecule has 3 rings (SSSR count). The third-order valence-electron chi connectivity index (χ3n) is 3.54. The number of halogens is 2. The van der Waals surface area contributed by atoms with Gasteiger partial charge in [-0.25, -0.2) is 27.5 Å². The van der Waals surface area contributed by atoms with E-state index in [2.05, 4.69) is 25.3 Å². The molecule has 27 heavy (non-hydrogen) atoms. The van der Waals surface area contributed by atoms with Crippen molar-refractivity contribution in [3.05, 3.63) is 65.7 Å². The molecule has 3 aromatic rings. The number of anilines is 4. The summed E-state index contributed by atoms with van der Waals surface area (Å²) in [6, 6.07) is 12.2. The molecule has 140 valence electrons. The van der Waals surface area contributed by atoms with Crippen LogP contribution < -0.4 is 15.4 Å². The number of hydrogen-bond donors (Lipinski definition) is 3. The van der Waals surface area contributed by atoms with Crippen LogP contribution in [0.1, 0.15) is 0 Å². The molecular weight excluding hydrogens is 393 g/mol. The first-order valence-corrected chi connectivity index (χ1v) is 9.58. The number of hydrogen-bond acceptors (Lipinski definition) is 6. The first-order chi connectivity index (χ1) is 12.9. The van der Waals surface area contributed by atoms with Crippen molar-refractivity contribution in [3.8, 4) is 0 Å². The quantitative estimate of drug-likeness (QED) is 0.577. The van der Waals surface area contributed by atoms with E-state index < -0.39 is 15.8 Å². The van der Waals surface area contributed by atoms with Crippen molar-refractivity contribution in [1.29, 1.82) is 0 Å². The Hall–Kier alpha value is -2.75. The second kappa shape index (κ2) is 7.87. The summed E-state index contributed by atoms with van der Waals surface area (Å²) in [5.74, 6) is 0.311. The second-order valence-corrected chi connectivity index (χ2v) is 7.70. The van der Waals surface area contributed by atoms with Crippen LogP contribution in [0.15, 0.2) is 59.8 Å². The molecular formula is C17H15ClFN5O2S. The van der Waals surface area contributed by atoms with Gasteiger partial charge in [-0.15, -0.1) is 0 Å². The van der Waals surface area contributed by atoms with E-state index in [-0.39, 0.29) is 9.92 Å². The van der Waals surface area contributed by atoms with Crippen LogP contribution in [0.3, 0.4) is 0 Å². The van der Waals surface area contributed by atoms with E-state index in [0.717, 1.165) is 0 Å². The molecule has 0 aliphatic heterocycles. The smallest absolute Gasteiger partial charge is 0.240 e. The van der Waals surface area contributed by atoms with Crippen LogP contribution in [0.5, 0.6) is 0 Å². The predicted octanol–water partition coefficient (Wildman–Crippen LogP) is 3.66. The predicted molar refractivity (Wildman–Crippen MR) is 103 cm³/mol. The lowest BCUT2D eigenvalue weighted by Crippen LogP contribution is -2.18. The Morgan fingerprint density at radius 2 is 1.63 bits per heavy atom. The summed E-state index contributed by atoms with van der Waals surface area (Å²) in [5.41, 5.74) is 1.01. The van der Waals surface area contributed by atoms with E-state index in [0.29, 0.717) is 23.0 Å². The van der Waals surface area contributed by atoms with Gasteiger partial charge in [-0.2, -0.15) is 0 Å². The number of benzene rings is 2. The zero-order valence-electron chi connectivity index (χ0n) is 14.1. The first kappa shape index (κ1) is 19.0. The molecule has 10 heteroatoms. The van der Waals surface area contributed by atoms with Gasteiger partial charge in [0.1, 0.15) is 23.8 Å². The molecule has 0 saturated heterocycles. The molecule has 0 spiro atoms. The minimum absolute atomic E-state index is 0.0296. The standard InChI is InChI=1S/C17H15ClFN5O2S/c1-20-27(25,26)13-4-2-3-11(7-13)23-16-9-17(22-10-21-16)24-12-5-6-14(18)15(19)8-12/h2-10,20H,1H3,(H2,21,22,23,24). The van der Waals surface area contributed by atoms with Gasteiger partial charge in [0.2, 0.25) is 10.0 Å². The number of nitrogens with one attached hydrogen (secondary N) is 3. The Morgan fingerprint density at radius 1 is 0.963 bits per heavy atom. The van der Waals surface area contributed by atoms with E-state index in [9.17, 15) is 12.8 Å². The molecule has 0 unspecified atom stereocenters. The van der Waals surface area contributed by atoms with Crippen LogP contribution in [-0.2, 0) is 10.0 Å². The molecule has 0 aliphatic rings. The lowest BCUT2D eigenvalue weighted by Gasteiger charge is -2.10. The highest BCUT2D eigenvalue weighted by molar-refractivity contribution is 7.89. The van der Waals surface area contributed by atoms with Crippen LogP contribution >= 0.6 is 11.6 Å². The number of sulfonamides is 1. The summed E-state index contributed by atoms with van der Waals surface area (Å²) in [6.07, 6.45) is 1.32. The third kappa shape index (κ3) is 4.70. The van der Waals surface area contributed by atoms with Gasteiger partial charge >= 0.3 is 0 Å². The average molecular weight is 408 g/mol. The van der Waals surface area contributed by atoms with Crippen molar-refractivity contribution < 1.29 is 12.8 Å². The van der Waals surface area contributed by atoms with E-state index in [1.54, 1.807) is 24.3 Å². The Labute approximate surface area is 160 Å². The van der Waals surface area contributed by atoms with Crippen LogP contribution in [-0.4, -0.2) is 25.4 Å². The highest BCUT2D eigenvalue weighted by atomic mass is 35.5. The Kier molecular flexibility index (Phi) is 5.54. The van der Waals surface area contributed by atoms with Gasteiger partial charge < -0.3 is 10.6 Å². The Morgan fingerprint density at radius 3 is 2.26 bits per heavy atom. The SMILES string of the molecule is CNS(=O)(=O)c1cccc(Nc2cc(Nc3ccc(Cl)c(F)c3)ncn2)c1. The van der Waals surface area contributed by atoms with Crippen molar-refractivity contribution in [3.63, 3.8) is 0 Å². The molecule has 7 nitrogen and oxygen atoms in total. The molecule has 2 aromatic carbocycles. The van der Waals surface area contributed by atoms with E-state index >= 15 is 0 Å². The molecule has 0 fully saturated rings. The fraction of sp³-hybridized carbons (Fsp3) is 0.0588. The van der Waals surface area contributed by atoms with Gasteiger partial charge in [-0.3, -0.25) is 0 Å². The first-order valence-electron chi connectivity index (χ1n) is 7.72. The van der Waals surface area contributed by atoms with Crippen molar-refractivity contribution in [2.24, 2.45) is 0 Å². The minimum atomic E-state index is -3.55. The van der Waals surface area contributed by atoms with Crippen LogP contribution in [0, 0.1) is 5.82 Å². The highest BCUT2D eigenvalue weighted by Crippen LogP contribution is 2.23. The molecule has 1 heterocycles. The highest BCUT2D eigenvalue weighted by Gasteiger charge is 2.11. The van der Waals surface area contributed by atoms with Crippen molar-refractivity contribution in [2.45, 2.75) is 4.90 Å². The summed E-state index contributed by atoms with van der Waals surface area (Å²) < 4.78 is 39.6. The van der Waals surface area contributed by atoms with Crippen LogP contribution in [0.25, 0.3) is 0 Å². The maximum Gasteiger partial charge on any atom is 0.240 e. The van der Waals surface area contributed by atoms with Crippen molar-refractivity contribution in [1.82, 2.24) is 14.7 Å². The van der Waals surface area contributed by atoms with Crippen LogP contribution in [0.4, 0.5) is 27.4 Å². The van der Waals surface area contributed by atoms with Crippen LogP contribution in [0.2, 0.25) is 5.02 Å². The molecule has 3 N–H and O–H groups in total. The van der Waals surface area contributed by atoms with Gasteiger partial charge in [-0.1, -0.05) is 17.7 Å². The number of rotatable bonds is 6. The molecule has 1 aromatic heterocycles. The normalized spacial score (nSPS) is 11.2. The van der Waals surface area contributed by atoms with E-state index in [4.69, 9.17) is 11.6 Å². The van der Waals surface area contributed by atoms with Crippen molar-refractivity contribution >= 4 is 44.6 Å². The molecule has 0 amide bonds. The van der Waals surface area contributed by atoms with Gasteiger partial charge in [0.05, 0.1) is 9.92 Å². The fourth-order valence-electron chi connectivity index (χ4n) is 2.22.